The molecule has 0 amide bonds. The van der Waals surface area contributed by atoms with Crippen LogP contribution in [0.2, 0.25) is 10.0 Å². The molecule has 0 saturated heterocycles. The van der Waals surface area contributed by atoms with Crippen LogP contribution in [-0.4, -0.2) is 19.2 Å². The summed E-state index contributed by atoms with van der Waals surface area (Å²) in [7, 11) is 0. The van der Waals surface area contributed by atoms with E-state index in [0.29, 0.717) is 15.9 Å². The second-order valence-corrected chi connectivity index (χ2v) is 6.98. The van der Waals surface area contributed by atoms with Crippen molar-refractivity contribution >= 4 is 45.6 Å². The molecule has 2 aromatic carbocycles. The number of anilines is 1. The number of nitrogen functional groups attached to an aromatic ring is 1. The first-order valence-corrected chi connectivity index (χ1v) is 9.03. The van der Waals surface area contributed by atoms with Gasteiger partial charge in [-0.05, 0) is 35.9 Å². The Morgan fingerprint density at radius 3 is 2.78 bits per heavy atom. The van der Waals surface area contributed by atoms with Gasteiger partial charge in [-0.2, -0.15) is 9.61 Å². The fraction of sp³-hybridized carbons (Fsp3) is 0. The van der Waals surface area contributed by atoms with Crippen molar-refractivity contribution in [2.45, 2.75) is 0 Å². The third kappa shape index (κ3) is 2.47. The molecule has 3 heterocycles. The predicted octanol–water partition coefficient (Wildman–Crippen LogP) is 5.23. The second-order valence-electron chi connectivity index (χ2n) is 6.19. The molecule has 0 bridgehead atoms. The number of rotatable bonds is 2. The lowest BCUT2D eigenvalue weighted by Crippen LogP contribution is -2.02. The summed E-state index contributed by atoms with van der Waals surface area (Å²) in [5.41, 5.74) is 10.7. The molecule has 0 atom stereocenters. The maximum atomic E-state index is 6.39. The first-order chi connectivity index (χ1) is 13.1. The molecule has 3 aromatic heterocycles. The van der Waals surface area contributed by atoms with Crippen molar-refractivity contribution in [2.75, 3.05) is 5.73 Å². The molecule has 5 rings (SSSR count). The van der Waals surface area contributed by atoms with Gasteiger partial charge in [-0.1, -0.05) is 35.3 Å². The largest absolute Gasteiger partial charge is 0.383 e. The van der Waals surface area contributed by atoms with E-state index in [2.05, 4.69) is 16.1 Å². The maximum absolute atomic E-state index is 6.39. The van der Waals surface area contributed by atoms with Crippen LogP contribution in [0.3, 0.4) is 0 Å². The minimum atomic E-state index is 0.526. The molecule has 0 fully saturated rings. The molecule has 0 saturated carbocycles. The minimum Gasteiger partial charge on any atom is -0.383 e. The Bertz CT molecular complexity index is 1320. The van der Waals surface area contributed by atoms with Gasteiger partial charge in [-0.3, -0.25) is 0 Å². The van der Waals surface area contributed by atoms with E-state index in [4.69, 9.17) is 28.9 Å². The van der Waals surface area contributed by atoms with Gasteiger partial charge in [0, 0.05) is 29.4 Å². The normalized spacial score (nSPS) is 11.5. The van der Waals surface area contributed by atoms with Crippen LogP contribution in [0.4, 0.5) is 5.82 Å². The van der Waals surface area contributed by atoms with E-state index < -0.39 is 0 Å². The molecular weight excluding hydrogens is 381 g/mol. The molecule has 0 aliphatic rings. The van der Waals surface area contributed by atoms with Crippen molar-refractivity contribution in [3.8, 4) is 16.8 Å². The molecule has 5 aromatic rings. The number of aromatic nitrogens is 4. The average molecular weight is 394 g/mol. The van der Waals surface area contributed by atoms with Crippen molar-refractivity contribution in [3.63, 3.8) is 0 Å². The average Bonchev–Trinajstić information content (AvgIpc) is 3.31. The summed E-state index contributed by atoms with van der Waals surface area (Å²) < 4.78 is 3.65. The molecule has 0 radical (unpaired) electrons. The highest BCUT2D eigenvalue weighted by Gasteiger charge is 2.12. The number of nitrogens with zero attached hydrogens (tertiary/aromatic N) is 4. The van der Waals surface area contributed by atoms with Crippen LogP contribution in [0.1, 0.15) is 0 Å². The topological polar surface area (TPSA) is 61.1 Å². The highest BCUT2D eigenvalue weighted by atomic mass is 35.5. The molecule has 132 valence electrons. The lowest BCUT2D eigenvalue weighted by molar-refractivity contribution is 0.954. The van der Waals surface area contributed by atoms with Gasteiger partial charge in [0.2, 0.25) is 0 Å². The van der Waals surface area contributed by atoms with E-state index in [0.717, 1.165) is 33.4 Å². The van der Waals surface area contributed by atoms with Crippen molar-refractivity contribution in [1.82, 2.24) is 19.2 Å². The Hall–Kier alpha value is -3.02. The van der Waals surface area contributed by atoms with Crippen LogP contribution in [0.15, 0.2) is 67.1 Å². The Morgan fingerprint density at radius 2 is 1.89 bits per heavy atom. The van der Waals surface area contributed by atoms with Crippen molar-refractivity contribution in [2.24, 2.45) is 0 Å². The third-order valence-electron chi connectivity index (χ3n) is 4.64. The van der Waals surface area contributed by atoms with Crippen molar-refractivity contribution in [3.05, 3.63) is 77.2 Å². The first kappa shape index (κ1) is 16.2. The SMILES string of the molecule is Nc1c(-c2ccc3c(ccn3-c3cccc(Cl)c3Cl)c2)cnc2ccnn12. The molecule has 0 unspecified atom stereocenters. The Morgan fingerprint density at radius 1 is 1.00 bits per heavy atom. The van der Waals surface area contributed by atoms with Crippen LogP contribution in [0, 0.1) is 0 Å². The van der Waals surface area contributed by atoms with E-state index in [1.54, 1.807) is 23.0 Å². The number of nitrogens with two attached hydrogens (primary N) is 1. The van der Waals surface area contributed by atoms with Crippen LogP contribution in [-0.2, 0) is 0 Å². The van der Waals surface area contributed by atoms with Gasteiger partial charge in [0.15, 0.2) is 5.65 Å². The summed E-state index contributed by atoms with van der Waals surface area (Å²) in [6, 6.07) is 15.6. The van der Waals surface area contributed by atoms with Gasteiger partial charge in [0.25, 0.3) is 0 Å². The van der Waals surface area contributed by atoms with Gasteiger partial charge >= 0.3 is 0 Å². The standard InChI is InChI=1S/C20H13Cl2N5/c21-15-2-1-3-17(19(15)22)26-9-7-13-10-12(4-5-16(13)26)14-11-24-18-6-8-25-27(18)20(14)23/h1-11H,23H2. The monoisotopic (exact) mass is 393 g/mol. The van der Waals surface area contributed by atoms with Gasteiger partial charge in [-0.15, -0.1) is 0 Å². The van der Waals surface area contributed by atoms with Gasteiger partial charge in [0.1, 0.15) is 5.82 Å². The summed E-state index contributed by atoms with van der Waals surface area (Å²) in [5, 5.41) is 6.34. The molecule has 0 aliphatic carbocycles. The number of benzene rings is 2. The smallest absolute Gasteiger partial charge is 0.157 e. The zero-order chi connectivity index (χ0) is 18.5. The Labute approximate surface area is 164 Å². The summed E-state index contributed by atoms with van der Waals surface area (Å²) in [6.45, 7) is 0. The summed E-state index contributed by atoms with van der Waals surface area (Å²) in [6.07, 6.45) is 5.43. The molecule has 0 spiro atoms. The molecule has 2 N–H and O–H groups in total. The number of halogens is 2. The summed E-state index contributed by atoms with van der Waals surface area (Å²) in [4.78, 5) is 4.42. The van der Waals surface area contributed by atoms with E-state index in [9.17, 15) is 0 Å². The van der Waals surface area contributed by atoms with Crippen LogP contribution in [0.25, 0.3) is 33.4 Å². The second kappa shape index (κ2) is 6.01. The highest BCUT2D eigenvalue weighted by molar-refractivity contribution is 6.43. The fourth-order valence-corrected chi connectivity index (χ4v) is 3.70. The molecule has 0 aliphatic heterocycles. The quantitative estimate of drug-likeness (QED) is 0.446. The van der Waals surface area contributed by atoms with Crippen LogP contribution >= 0.6 is 23.2 Å². The minimum absolute atomic E-state index is 0.526. The van der Waals surface area contributed by atoms with Gasteiger partial charge < -0.3 is 10.3 Å². The zero-order valence-electron chi connectivity index (χ0n) is 14.0. The van der Waals surface area contributed by atoms with Gasteiger partial charge in [0.05, 0.1) is 27.4 Å². The predicted molar refractivity (Wildman–Crippen MR) is 110 cm³/mol. The summed E-state index contributed by atoms with van der Waals surface area (Å²) >= 11 is 12.6. The van der Waals surface area contributed by atoms with E-state index in [1.807, 2.05) is 47.2 Å². The van der Waals surface area contributed by atoms with Crippen molar-refractivity contribution < 1.29 is 0 Å². The van der Waals surface area contributed by atoms with Crippen LogP contribution in [0.5, 0.6) is 0 Å². The molecule has 5 nitrogen and oxygen atoms in total. The highest BCUT2D eigenvalue weighted by Crippen LogP contribution is 2.33. The van der Waals surface area contributed by atoms with E-state index in [-0.39, 0.29) is 0 Å². The van der Waals surface area contributed by atoms with Gasteiger partial charge in [-0.25, -0.2) is 4.98 Å². The zero-order valence-corrected chi connectivity index (χ0v) is 15.5. The molecular formula is C20H13Cl2N5. The Balaban J connectivity index is 1.67. The summed E-state index contributed by atoms with van der Waals surface area (Å²) in [5.74, 6) is 0.557. The number of hydrogen-bond donors (Lipinski definition) is 1. The van der Waals surface area contributed by atoms with E-state index >= 15 is 0 Å². The molecule has 7 heteroatoms. The fourth-order valence-electron chi connectivity index (χ4n) is 3.31. The third-order valence-corrected chi connectivity index (χ3v) is 5.45. The number of fused-ring (bicyclic) bond motifs is 2. The van der Waals surface area contributed by atoms with Crippen LogP contribution < -0.4 is 5.73 Å². The maximum Gasteiger partial charge on any atom is 0.157 e. The lowest BCUT2D eigenvalue weighted by atomic mass is 10.1. The van der Waals surface area contributed by atoms with Crippen molar-refractivity contribution in [1.29, 1.82) is 0 Å². The van der Waals surface area contributed by atoms with E-state index in [1.165, 1.54) is 0 Å². The number of hydrogen-bond acceptors (Lipinski definition) is 3. The first-order valence-electron chi connectivity index (χ1n) is 8.27. The lowest BCUT2D eigenvalue weighted by Gasteiger charge is -2.10. The Kier molecular flexibility index (Phi) is 3.60. The molecule has 27 heavy (non-hydrogen) atoms.